The number of nitrogens with one attached hydrogen (secondary N) is 3. The molecule has 0 bridgehead atoms. The molecule has 2 amide bonds. The Morgan fingerprint density at radius 3 is 2.75 bits per heavy atom. The predicted molar refractivity (Wildman–Crippen MR) is 77.8 cm³/mol. The first kappa shape index (κ1) is 16.0. The van der Waals surface area contributed by atoms with E-state index in [4.69, 9.17) is 4.74 Å². The van der Waals surface area contributed by atoms with Gasteiger partial charge in [-0.2, -0.15) is 0 Å². The van der Waals surface area contributed by atoms with Crippen LogP contribution in [0.4, 0.5) is 5.69 Å². The largest absolute Gasteiger partial charge is 0.492 e. The van der Waals surface area contributed by atoms with Crippen LogP contribution in [0.5, 0.6) is 5.75 Å². The highest BCUT2D eigenvalue weighted by Crippen LogP contribution is 2.16. The quantitative estimate of drug-likeness (QED) is 0.614. The van der Waals surface area contributed by atoms with E-state index in [1.54, 1.807) is 31.3 Å². The van der Waals surface area contributed by atoms with Gasteiger partial charge in [-0.3, -0.25) is 9.59 Å². The topological polar surface area (TPSA) is 79.5 Å². The monoisotopic (exact) mass is 279 g/mol. The summed E-state index contributed by atoms with van der Waals surface area (Å²) < 4.78 is 5.50. The lowest BCUT2D eigenvalue weighted by Gasteiger charge is -2.09. The van der Waals surface area contributed by atoms with Crippen LogP contribution in [0.15, 0.2) is 24.3 Å². The van der Waals surface area contributed by atoms with Gasteiger partial charge in [0.25, 0.3) is 0 Å². The van der Waals surface area contributed by atoms with E-state index in [0.717, 1.165) is 0 Å². The Morgan fingerprint density at radius 1 is 1.25 bits per heavy atom. The summed E-state index contributed by atoms with van der Waals surface area (Å²) in [5.41, 5.74) is 0.688. The van der Waals surface area contributed by atoms with Crippen LogP contribution in [0, 0.1) is 0 Å². The fourth-order valence-corrected chi connectivity index (χ4v) is 1.55. The number of carbonyl (C=O) groups excluding carboxylic acids is 2. The van der Waals surface area contributed by atoms with Gasteiger partial charge in [-0.15, -0.1) is 0 Å². The fourth-order valence-electron chi connectivity index (χ4n) is 1.55. The number of hydrogen-bond donors (Lipinski definition) is 3. The fraction of sp³-hybridized carbons (Fsp3) is 0.429. The minimum absolute atomic E-state index is 0.00468. The summed E-state index contributed by atoms with van der Waals surface area (Å²) in [5, 5.41) is 8.35. The van der Waals surface area contributed by atoms with E-state index in [1.807, 2.05) is 0 Å². The molecule has 0 aliphatic rings. The van der Waals surface area contributed by atoms with E-state index in [-0.39, 0.29) is 11.8 Å². The number of amides is 2. The lowest BCUT2D eigenvalue weighted by Crippen LogP contribution is -2.30. The second-order valence-corrected chi connectivity index (χ2v) is 4.26. The summed E-state index contributed by atoms with van der Waals surface area (Å²) in [6.07, 6.45) is 0.453. The molecule has 0 aromatic heterocycles. The van der Waals surface area contributed by atoms with Crippen LogP contribution >= 0.6 is 0 Å². The van der Waals surface area contributed by atoms with Crippen LogP contribution in [0.3, 0.4) is 0 Å². The molecule has 1 aromatic carbocycles. The van der Waals surface area contributed by atoms with Gasteiger partial charge in [-0.1, -0.05) is 6.07 Å². The summed E-state index contributed by atoms with van der Waals surface area (Å²) in [4.78, 5) is 22.3. The number of rotatable bonds is 8. The van der Waals surface area contributed by atoms with Crippen molar-refractivity contribution in [1.29, 1.82) is 0 Å². The van der Waals surface area contributed by atoms with Gasteiger partial charge in [0.1, 0.15) is 12.4 Å². The number of benzene rings is 1. The molecule has 110 valence electrons. The van der Waals surface area contributed by atoms with E-state index in [2.05, 4.69) is 16.0 Å². The molecule has 0 atom stereocenters. The molecule has 0 aliphatic carbocycles. The third-order valence-corrected chi connectivity index (χ3v) is 2.45. The first-order chi connectivity index (χ1) is 9.61. The van der Waals surface area contributed by atoms with Crippen molar-refractivity contribution in [2.24, 2.45) is 0 Å². The molecule has 0 unspecified atom stereocenters. The van der Waals surface area contributed by atoms with Crippen molar-refractivity contribution in [1.82, 2.24) is 10.6 Å². The van der Waals surface area contributed by atoms with E-state index in [0.29, 0.717) is 37.6 Å². The highest BCUT2D eigenvalue weighted by atomic mass is 16.5. The van der Waals surface area contributed by atoms with E-state index in [1.165, 1.54) is 6.92 Å². The van der Waals surface area contributed by atoms with Gasteiger partial charge in [-0.25, -0.2) is 0 Å². The Labute approximate surface area is 118 Å². The van der Waals surface area contributed by atoms with Crippen molar-refractivity contribution < 1.29 is 14.3 Å². The molecule has 3 N–H and O–H groups in total. The summed E-state index contributed by atoms with van der Waals surface area (Å²) in [6.45, 7) is 2.95. The van der Waals surface area contributed by atoms with Crippen LogP contribution in [0.2, 0.25) is 0 Å². The maximum Gasteiger partial charge on any atom is 0.221 e. The maximum absolute atomic E-state index is 11.3. The molecular formula is C14H21N3O3. The van der Waals surface area contributed by atoms with Crippen molar-refractivity contribution in [2.45, 2.75) is 13.3 Å². The van der Waals surface area contributed by atoms with E-state index < -0.39 is 0 Å². The minimum Gasteiger partial charge on any atom is -0.492 e. The molecule has 6 heteroatoms. The van der Waals surface area contributed by atoms with Crippen LogP contribution in [0.1, 0.15) is 13.3 Å². The molecule has 0 fully saturated rings. The predicted octanol–water partition coefficient (Wildman–Crippen LogP) is 0.750. The molecule has 0 heterocycles. The lowest BCUT2D eigenvalue weighted by atomic mass is 10.3. The van der Waals surface area contributed by atoms with Gasteiger partial charge < -0.3 is 20.7 Å². The van der Waals surface area contributed by atoms with Crippen molar-refractivity contribution >= 4 is 17.5 Å². The van der Waals surface area contributed by atoms with Crippen molar-refractivity contribution in [3.05, 3.63) is 24.3 Å². The molecule has 1 rings (SSSR count). The van der Waals surface area contributed by atoms with Gasteiger partial charge in [0.05, 0.1) is 6.54 Å². The first-order valence-corrected chi connectivity index (χ1v) is 6.53. The van der Waals surface area contributed by atoms with Gasteiger partial charge in [0, 0.05) is 31.6 Å². The molecule has 0 saturated heterocycles. The Bertz CT molecular complexity index is 449. The van der Waals surface area contributed by atoms with Crippen molar-refractivity contribution in [3.8, 4) is 5.75 Å². The van der Waals surface area contributed by atoms with E-state index >= 15 is 0 Å². The lowest BCUT2D eigenvalue weighted by molar-refractivity contribution is -0.121. The number of hydrogen-bond acceptors (Lipinski definition) is 4. The Hall–Kier alpha value is -2.08. The summed E-state index contributed by atoms with van der Waals surface area (Å²) in [5.74, 6) is 0.523. The summed E-state index contributed by atoms with van der Waals surface area (Å²) >= 11 is 0. The SMILES string of the molecule is CNCCC(=O)NCCOc1cccc(NC(C)=O)c1. The molecule has 0 aliphatic heterocycles. The highest BCUT2D eigenvalue weighted by Gasteiger charge is 2.01. The first-order valence-electron chi connectivity index (χ1n) is 6.53. The third kappa shape index (κ3) is 6.75. The summed E-state index contributed by atoms with van der Waals surface area (Å²) in [7, 11) is 1.80. The Balaban J connectivity index is 2.28. The zero-order valence-corrected chi connectivity index (χ0v) is 11.9. The van der Waals surface area contributed by atoms with Crippen molar-refractivity contribution in [3.63, 3.8) is 0 Å². The average Bonchev–Trinajstić information content (AvgIpc) is 2.41. The third-order valence-electron chi connectivity index (χ3n) is 2.45. The molecule has 20 heavy (non-hydrogen) atoms. The van der Waals surface area contributed by atoms with Crippen LogP contribution < -0.4 is 20.7 Å². The number of anilines is 1. The Morgan fingerprint density at radius 2 is 2.05 bits per heavy atom. The second kappa shape index (κ2) is 8.92. The summed E-state index contributed by atoms with van der Waals surface area (Å²) in [6, 6.07) is 7.12. The number of ether oxygens (including phenoxy) is 1. The smallest absolute Gasteiger partial charge is 0.221 e. The maximum atomic E-state index is 11.3. The van der Waals surface area contributed by atoms with Crippen LogP contribution in [0.25, 0.3) is 0 Å². The minimum atomic E-state index is -0.126. The van der Waals surface area contributed by atoms with Crippen molar-refractivity contribution in [2.75, 3.05) is 32.1 Å². The van der Waals surface area contributed by atoms with Gasteiger partial charge in [0.15, 0.2) is 0 Å². The second-order valence-electron chi connectivity index (χ2n) is 4.26. The van der Waals surface area contributed by atoms with Gasteiger partial charge >= 0.3 is 0 Å². The zero-order valence-electron chi connectivity index (χ0n) is 11.9. The molecule has 0 spiro atoms. The van der Waals surface area contributed by atoms with Crippen LogP contribution in [-0.4, -0.2) is 38.6 Å². The molecule has 0 radical (unpaired) electrons. The number of carbonyl (C=O) groups is 2. The molecular weight excluding hydrogens is 258 g/mol. The molecule has 6 nitrogen and oxygen atoms in total. The van der Waals surface area contributed by atoms with E-state index in [9.17, 15) is 9.59 Å². The normalized spacial score (nSPS) is 9.90. The standard InChI is InChI=1S/C14H21N3O3/c1-11(18)17-12-4-3-5-13(10-12)20-9-8-16-14(19)6-7-15-2/h3-5,10,15H,6-9H2,1-2H3,(H,16,19)(H,17,18). The molecule has 0 saturated carbocycles. The van der Waals surface area contributed by atoms with Gasteiger partial charge in [0.2, 0.25) is 11.8 Å². The highest BCUT2D eigenvalue weighted by molar-refractivity contribution is 5.88. The average molecular weight is 279 g/mol. The van der Waals surface area contributed by atoms with Gasteiger partial charge in [-0.05, 0) is 19.2 Å². The Kier molecular flexibility index (Phi) is 7.13. The van der Waals surface area contributed by atoms with Crippen LogP contribution in [-0.2, 0) is 9.59 Å². The zero-order chi connectivity index (χ0) is 14.8. The molecule has 1 aromatic rings.